The Balaban J connectivity index is 2.02. The van der Waals surface area contributed by atoms with Gasteiger partial charge in [-0.3, -0.25) is 0 Å². The summed E-state index contributed by atoms with van der Waals surface area (Å²) >= 11 is 0. The molecule has 158 valence electrons. The molecule has 0 spiro atoms. The minimum absolute atomic E-state index is 0.0681. The van der Waals surface area contributed by atoms with Gasteiger partial charge < -0.3 is 4.74 Å². The molecule has 0 amide bonds. The summed E-state index contributed by atoms with van der Waals surface area (Å²) in [5.74, 6) is 0.575. The highest BCUT2D eigenvalue weighted by molar-refractivity contribution is 7.89. The largest absolute Gasteiger partial charge is 0.497 e. The van der Waals surface area contributed by atoms with Crippen molar-refractivity contribution < 1.29 is 26.3 Å². The average molecular weight is 435 g/mol. The molecule has 0 bridgehead atoms. The lowest BCUT2D eigenvalue weighted by Gasteiger charge is -2.21. The first-order chi connectivity index (χ1) is 14.1. The van der Waals surface area contributed by atoms with Crippen LogP contribution in [-0.4, -0.2) is 15.5 Å². The van der Waals surface area contributed by atoms with Gasteiger partial charge in [-0.1, -0.05) is 42.0 Å². The van der Waals surface area contributed by atoms with Gasteiger partial charge in [0.15, 0.2) is 0 Å². The van der Waals surface area contributed by atoms with Crippen molar-refractivity contribution >= 4 is 10.0 Å². The van der Waals surface area contributed by atoms with Crippen LogP contribution in [0.15, 0.2) is 77.7 Å². The lowest BCUT2D eigenvalue weighted by Crippen LogP contribution is -2.29. The van der Waals surface area contributed by atoms with Crippen molar-refractivity contribution in [1.29, 1.82) is 0 Å². The smallest absolute Gasteiger partial charge is 0.416 e. The highest BCUT2D eigenvalue weighted by Gasteiger charge is 2.31. The van der Waals surface area contributed by atoms with Gasteiger partial charge in [-0.15, -0.1) is 0 Å². The zero-order valence-electron chi connectivity index (χ0n) is 16.3. The van der Waals surface area contributed by atoms with Crippen LogP contribution in [0.3, 0.4) is 0 Å². The van der Waals surface area contributed by atoms with Crippen molar-refractivity contribution in [2.24, 2.45) is 0 Å². The van der Waals surface area contributed by atoms with Crippen molar-refractivity contribution in [2.45, 2.75) is 24.0 Å². The normalized spacial score (nSPS) is 13.1. The number of nitrogens with one attached hydrogen (secondary N) is 1. The lowest BCUT2D eigenvalue weighted by molar-refractivity contribution is -0.137. The molecule has 4 nitrogen and oxygen atoms in total. The number of aryl methyl sites for hydroxylation is 1. The van der Waals surface area contributed by atoms with E-state index in [1.54, 1.807) is 36.4 Å². The molecular weight excluding hydrogens is 415 g/mol. The topological polar surface area (TPSA) is 55.4 Å². The zero-order chi connectivity index (χ0) is 21.9. The highest BCUT2D eigenvalue weighted by Crippen LogP contribution is 2.32. The first kappa shape index (κ1) is 21.9. The van der Waals surface area contributed by atoms with Crippen LogP contribution in [0.2, 0.25) is 0 Å². The molecule has 0 saturated heterocycles. The number of hydrogen-bond donors (Lipinski definition) is 1. The van der Waals surface area contributed by atoms with Crippen LogP contribution in [0.25, 0.3) is 0 Å². The van der Waals surface area contributed by atoms with Crippen LogP contribution < -0.4 is 9.46 Å². The molecule has 1 N–H and O–H groups in total. The molecule has 0 saturated carbocycles. The summed E-state index contributed by atoms with van der Waals surface area (Å²) < 4.78 is 72.4. The van der Waals surface area contributed by atoms with E-state index in [9.17, 15) is 21.6 Å². The van der Waals surface area contributed by atoms with E-state index in [0.717, 1.165) is 17.7 Å². The van der Waals surface area contributed by atoms with Gasteiger partial charge in [0.1, 0.15) is 5.75 Å². The third kappa shape index (κ3) is 5.01. The predicted molar refractivity (Wildman–Crippen MR) is 108 cm³/mol. The molecule has 8 heteroatoms. The second-order valence-electron chi connectivity index (χ2n) is 6.76. The number of ether oxygens (including phenoxy) is 1. The Kier molecular flexibility index (Phi) is 6.19. The van der Waals surface area contributed by atoms with Crippen LogP contribution >= 0.6 is 0 Å². The van der Waals surface area contributed by atoms with Crippen molar-refractivity contribution in [1.82, 2.24) is 4.72 Å². The Bertz CT molecular complexity index is 1090. The van der Waals surface area contributed by atoms with Crippen LogP contribution in [-0.2, 0) is 16.2 Å². The van der Waals surface area contributed by atoms with Crippen LogP contribution in [0.1, 0.15) is 28.3 Å². The molecular formula is C22H20F3NO3S. The lowest BCUT2D eigenvalue weighted by atomic mass is 9.98. The van der Waals surface area contributed by atoms with Gasteiger partial charge in [-0.05, 0) is 54.4 Å². The van der Waals surface area contributed by atoms with Crippen LogP contribution in [0.5, 0.6) is 5.75 Å². The Hall–Kier alpha value is -2.84. The third-order valence-electron chi connectivity index (χ3n) is 4.62. The molecule has 0 heterocycles. The fourth-order valence-electron chi connectivity index (χ4n) is 2.93. The van der Waals surface area contributed by atoms with Crippen molar-refractivity contribution in [3.05, 3.63) is 95.1 Å². The van der Waals surface area contributed by atoms with E-state index in [1.807, 2.05) is 6.92 Å². The first-order valence-electron chi connectivity index (χ1n) is 9.00. The van der Waals surface area contributed by atoms with Crippen molar-refractivity contribution in [3.63, 3.8) is 0 Å². The van der Waals surface area contributed by atoms with Gasteiger partial charge in [0.05, 0.1) is 23.6 Å². The van der Waals surface area contributed by atoms with Gasteiger partial charge >= 0.3 is 6.18 Å². The van der Waals surface area contributed by atoms with Gasteiger partial charge in [0.25, 0.3) is 0 Å². The Morgan fingerprint density at radius 2 is 1.33 bits per heavy atom. The van der Waals surface area contributed by atoms with Gasteiger partial charge in [0, 0.05) is 0 Å². The van der Waals surface area contributed by atoms with Gasteiger partial charge in [0.2, 0.25) is 10.0 Å². The van der Waals surface area contributed by atoms with E-state index in [1.165, 1.54) is 31.4 Å². The van der Waals surface area contributed by atoms with E-state index in [2.05, 4.69) is 4.72 Å². The number of rotatable bonds is 6. The second kappa shape index (κ2) is 8.49. The molecule has 3 rings (SSSR count). The molecule has 0 fully saturated rings. The Morgan fingerprint density at radius 1 is 0.833 bits per heavy atom. The summed E-state index contributed by atoms with van der Waals surface area (Å²) in [6.07, 6.45) is -4.48. The van der Waals surface area contributed by atoms with Crippen LogP contribution in [0.4, 0.5) is 13.2 Å². The minimum atomic E-state index is -4.48. The number of sulfonamides is 1. The van der Waals surface area contributed by atoms with Crippen molar-refractivity contribution in [2.75, 3.05) is 7.11 Å². The molecule has 0 aliphatic heterocycles. The SMILES string of the molecule is COc1ccc([C@@H](NS(=O)(=O)c2ccc(C)cc2)c2ccc(C(F)(F)F)cc2)cc1. The molecule has 0 aromatic heterocycles. The molecule has 0 unspecified atom stereocenters. The fourth-order valence-corrected chi connectivity index (χ4v) is 4.14. The first-order valence-corrected chi connectivity index (χ1v) is 10.5. The number of halogens is 3. The summed E-state index contributed by atoms with van der Waals surface area (Å²) in [6.45, 7) is 1.84. The summed E-state index contributed by atoms with van der Waals surface area (Å²) in [6, 6.07) is 16.5. The fraction of sp³-hybridized carbons (Fsp3) is 0.182. The second-order valence-corrected chi connectivity index (χ2v) is 8.47. The van der Waals surface area contributed by atoms with Gasteiger partial charge in [-0.25, -0.2) is 8.42 Å². The monoisotopic (exact) mass is 435 g/mol. The maximum absolute atomic E-state index is 12.9. The Labute approximate surface area is 173 Å². The maximum atomic E-state index is 12.9. The van der Waals surface area contributed by atoms with Crippen LogP contribution in [0, 0.1) is 6.92 Å². The number of alkyl halides is 3. The maximum Gasteiger partial charge on any atom is 0.416 e. The molecule has 0 aliphatic rings. The van der Waals surface area contributed by atoms with E-state index in [-0.39, 0.29) is 4.90 Å². The highest BCUT2D eigenvalue weighted by atomic mass is 32.2. The average Bonchev–Trinajstić information content (AvgIpc) is 2.72. The third-order valence-corrected chi connectivity index (χ3v) is 6.06. The molecule has 1 atom stereocenters. The van der Waals surface area contributed by atoms with E-state index >= 15 is 0 Å². The molecule has 0 aliphatic carbocycles. The molecule has 3 aromatic rings. The summed E-state index contributed by atoms with van der Waals surface area (Å²) in [7, 11) is -2.43. The zero-order valence-corrected chi connectivity index (χ0v) is 17.1. The summed E-state index contributed by atoms with van der Waals surface area (Å²) in [5, 5.41) is 0. The number of benzene rings is 3. The standard InChI is InChI=1S/C22H20F3NO3S/c1-15-3-13-20(14-4-15)30(27,28)26-21(17-7-11-19(29-2)12-8-17)16-5-9-18(10-6-16)22(23,24)25/h3-14,21,26H,1-2H3/t21-/m0/s1. The minimum Gasteiger partial charge on any atom is -0.497 e. The molecule has 3 aromatic carbocycles. The van der Waals surface area contributed by atoms with Gasteiger partial charge in [-0.2, -0.15) is 17.9 Å². The predicted octanol–water partition coefficient (Wildman–Crippen LogP) is 5.09. The number of hydrogen-bond acceptors (Lipinski definition) is 3. The quantitative estimate of drug-likeness (QED) is 0.587. The Morgan fingerprint density at radius 3 is 1.80 bits per heavy atom. The van der Waals surface area contributed by atoms with E-state index in [4.69, 9.17) is 4.74 Å². The number of methoxy groups -OCH3 is 1. The van der Waals surface area contributed by atoms with Crippen molar-refractivity contribution in [3.8, 4) is 5.75 Å². The molecule has 0 radical (unpaired) electrons. The summed E-state index contributed by atoms with van der Waals surface area (Å²) in [5.41, 5.74) is 1.04. The summed E-state index contributed by atoms with van der Waals surface area (Å²) in [4.78, 5) is 0.0681. The van der Waals surface area contributed by atoms with E-state index < -0.39 is 27.8 Å². The van der Waals surface area contributed by atoms with E-state index in [0.29, 0.717) is 16.9 Å². The molecule has 30 heavy (non-hydrogen) atoms.